The first kappa shape index (κ1) is 16.2. The van der Waals surface area contributed by atoms with Crippen molar-refractivity contribution in [2.75, 3.05) is 50.7 Å². The monoisotopic (exact) mass is 342 g/mol. The van der Waals surface area contributed by atoms with Crippen molar-refractivity contribution >= 4 is 17.6 Å². The summed E-state index contributed by atoms with van der Waals surface area (Å²) in [6.45, 7) is 5.94. The van der Waals surface area contributed by atoms with Crippen molar-refractivity contribution in [2.45, 2.75) is 25.2 Å². The van der Waals surface area contributed by atoms with Crippen LogP contribution in [0, 0.1) is 0 Å². The van der Waals surface area contributed by atoms with E-state index in [-0.39, 0.29) is 6.03 Å². The zero-order valence-corrected chi connectivity index (χ0v) is 14.6. The molecule has 0 aliphatic carbocycles. The van der Waals surface area contributed by atoms with E-state index < -0.39 is 0 Å². The molecule has 6 heteroatoms. The van der Waals surface area contributed by atoms with Crippen LogP contribution in [0.5, 0.6) is 0 Å². The number of nitrogens with zero attached hydrogens (tertiary/aromatic N) is 3. The molecular formula is C19H26N4O2. The Morgan fingerprint density at radius 3 is 2.60 bits per heavy atom. The molecule has 4 rings (SSSR count). The average Bonchev–Trinajstić information content (AvgIpc) is 3.31. The molecule has 6 nitrogen and oxygen atoms in total. The molecule has 2 saturated heterocycles. The van der Waals surface area contributed by atoms with Crippen molar-refractivity contribution in [1.82, 2.24) is 15.1 Å². The predicted molar refractivity (Wildman–Crippen MR) is 96.8 cm³/mol. The first-order valence-electron chi connectivity index (χ1n) is 9.37. The maximum absolute atomic E-state index is 11.8. The van der Waals surface area contributed by atoms with Crippen LogP contribution in [0.25, 0.3) is 0 Å². The molecule has 3 amide bonds. The molecule has 0 bridgehead atoms. The number of para-hydroxylation sites is 1. The fourth-order valence-electron chi connectivity index (χ4n) is 4.26. The van der Waals surface area contributed by atoms with Crippen molar-refractivity contribution in [3.8, 4) is 0 Å². The molecule has 134 valence electrons. The van der Waals surface area contributed by atoms with E-state index in [2.05, 4.69) is 34.5 Å². The molecule has 1 aromatic rings. The van der Waals surface area contributed by atoms with Gasteiger partial charge in [0.2, 0.25) is 5.91 Å². The summed E-state index contributed by atoms with van der Waals surface area (Å²) in [5, 5.41) is 2.86. The molecule has 25 heavy (non-hydrogen) atoms. The lowest BCUT2D eigenvalue weighted by Gasteiger charge is -2.23. The number of likely N-dealkylation sites (tertiary alicyclic amines) is 1. The highest BCUT2D eigenvalue weighted by molar-refractivity contribution is 5.78. The van der Waals surface area contributed by atoms with E-state index in [9.17, 15) is 9.59 Å². The molecule has 3 heterocycles. The van der Waals surface area contributed by atoms with Crippen LogP contribution in [-0.4, -0.2) is 67.6 Å². The van der Waals surface area contributed by atoms with Gasteiger partial charge in [-0.1, -0.05) is 18.2 Å². The van der Waals surface area contributed by atoms with E-state index in [4.69, 9.17) is 0 Å². The number of carbonyl (C=O) groups excluding carboxylic acids is 2. The minimum atomic E-state index is 0.0524. The van der Waals surface area contributed by atoms with Crippen molar-refractivity contribution in [2.24, 2.45) is 0 Å². The molecule has 1 N–H and O–H groups in total. The second-order valence-corrected chi connectivity index (χ2v) is 7.19. The number of anilines is 1. The van der Waals surface area contributed by atoms with Crippen LogP contribution in [0.15, 0.2) is 24.3 Å². The van der Waals surface area contributed by atoms with Crippen LogP contribution in [0.4, 0.5) is 10.5 Å². The summed E-state index contributed by atoms with van der Waals surface area (Å²) in [5.74, 6) is 0.778. The number of hydrogen-bond acceptors (Lipinski definition) is 3. The number of hydrogen-bond donors (Lipinski definition) is 1. The molecule has 1 aromatic carbocycles. The highest BCUT2D eigenvalue weighted by Crippen LogP contribution is 2.38. The molecule has 1 atom stereocenters. The van der Waals surface area contributed by atoms with Gasteiger partial charge in [0.1, 0.15) is 0 Å². The zero-order chi connectivity index (χ0) is 17.2. The fraction of sp³-hybridized carbons (Fsp3) is 0.579. The van der Waals surface area contributed by atoms with Gasteiger partial charge in [0.15, 0.2) is 0 Å². The summed E-state index contributed by atoms with van der Waals surface area (Å²) in [6.07, 6.45) is 2.73. The standard InChI is InChI=1S/C19H26N4O2/c24-18-6-3-9-21(18)10-7-15-14-23(17-5-2-1-4-16(15)17)13-12-22-11-8-20-19(22)25/h1-2,4-5,15H,3,6-14H2,(H,20,25). The maximum Gasteiger partial charge on any atom is 0.317 e. The number of urea groups is 1. The zero-order valence-electron chi connectivity index (χ0n) is 14.6. The Morgan fingerprint density at radius 1 is 1.00 bits per heavy atom. The highest BCUT2D eigenvalue weighted by Gasteiger charge is 2.30. The SMILES string of the molecule is O=C1CCCN1CCC1CN(CCN2CCNC2=O)c2ccccc21. The fourth-order valence-corrected chi connectivity index (χ4v) is 4.26. The van der Waals surface area contributed by atoms with Crippen LogP contribution in [0.3, 0.4) is 0 Å². The highest BCUT2D eigenvalue weighted by atomic mass is 16.2. The van der Waals surface area contributed by atoms with Crippen LogP contribution in [0.2, 0.25) is 0 Å². The molecule has 3 aliphatic heterocycles. The molecule has 3 aliphatic rings. The maximum atomic E-state index is 11.8. The second-order valence-electron chi connectivity index (χ2n) is 7.19. The third-order valence-electron chi connectivity index (χ3n) is 5.66. The molecule has 0 aromatic heterocycles. The van der Waals surface area contributed by atoms with Gasteiger partial charge < -0.3 is 20.0 Å². The van der Waals surface area contributed by atoms with Crippen LogP contribution >= 0.6 is 0 Å². The van der Waals surface area contributed by atoms with Gasteiger partial charge in [0, 0.05) is 63.8 Å². The molecular weight excluding hydrogens is 316 g/mol. The average molecular weight is 342 g/mol. The van der Waals surface area contributed by atoms with E-state index in [1.165, 1.54) is 11.3 Å². The molecule has 0 saturated carbocycles. The number of fused-ring (bicyclic) bond motifs is 1. The molecule has 2 fully saturated rings. The Hall–Kier alpha value is -2.24. The molecule has 0 radical (unpaired) electrons. The van der Waals surface area contributed by atoms with Crippen LogP contribution in [0.1, 0.15) is 30.7 Å². The normalized spacial score (nSPS) is 22.7. The Kier molecular flexibility index (Phi) is 4.51. The number of nitrogens with one attached hydrogen (secondary N) is 1. The smallest absolute Gasteiger partial charge is 0.317 e. The lowest BCUT2D eigenvalue weighted by Crippen LogP contribution is -2.36. The Labute approximate surface area is 148 Å². The topological polar surface area (TPSA) is 55.9 Å². The number of amides is 3. The first-order chi connectivity index (χ1) is 12.2. The number of carbonyl (C=O) groups is 2. The van der Waals surface area contributed by atoms with Crippen molar-refractivity contribution < 1.29 is 9.59 Å². The lowest BCUT2D eigenvalue weighted by atomic mass is 9.98. The lowest BCUT2D eigenvalue weighted by molar-refractivity contribution is -0.127. The number of rotatable bonds is 6. The Balaban J connectivity index is 1.38. The molecule has 0 spiro atoms. The van der Waals surface area contributed by atoms with Gasteiger partial charge in [0.25, 0.3) is 0 Å². The van der Waals surface area contributed by atoms with Crippen molar-refractivity contribution in [3.05, 3.63) is 29.8 Å². The van der Waals surface area contributed by atoms with Gasteiger partial charge in [-0.05, 0) is 24.5 Å². The Bertz CT molecular complexity index is 608. The van der Waals surface area contributed by atoms with Gasteiger partial charge in [-0.3, -0.25) is 4.79 Å². The quantitative estimate of drug-likeness (QED) is 0.855. The predicted octanol–water partition coefficient (Wildman–Crippen LogP) is 1.63. The van der Waals surface area contributed by atoms with Crippen molar-refractivity contribution in [3.63, 3.8) is 0 Å². The summed E-state index contributed by atoms with van der Waals surface area (Å²) in [4.78, 5) is 29.9. The summed E-state index contributed by atoms with van der Waals surface area (Å²) in [6, 6.07) is 8.64. The molecule has 1 unspecified atom stereocenters. The van der Waals surface area contributed by atoms with Gasteiger partial charge >= 0.3 is 6.03 Å². The van der Waals surface area contributed by atoms with Gasteiger partial charge in [-0.2, -0.15) is 0 Å². The largest absolute Gasteiger partial charge is 0.369 e. The van der Waals surface area contributed by atoms with E-state index in [1.54, 1.807) is 0 Å². The Morgan fingerprint density at radius 2 is 1.84 bits per heavy atom. The van der Waals surface area contributed by atoms with E-state index in [1.807, 2.05) is 9.80 Å². The third-order valence-corrected chi connectivity index (χ3v) is 5.66. The minimum Gasteiger partial charge on any atom is -0.369 e. The minimum absolute atomic E-state index is 0.0524. The van der Waals surface area contributed by atoms with Gasteiger partial charge in [0.05, 0.1) is 0 Å². The van der Waals surface area contributed by atoms with Gasteiger partial charge in [-0.25, -0.2) is 4.79 Å². The van der Waals surface area contributed by atoms with Crippen LogP contribution < -0.4 is 10.2 Å². The van der Waals surface area contributed by atoms with E-state index >= 15 is 0 Å². The van der Waals surface area contributed by atoms with Crippen molar-refractivity contribution in [1.29, 1.82) is 0 Å². The third kappa shape index (κ3) is 3.30. The summed E-state index contributed by atoms with van der Waals surface area (Å²) >= 11 is 0. The number of benzene rings is 1. The first-order valence-corrected chi connectivity index (χ1v) is 9.37. The van der Waals surface area contributed by atoms with Gasteiger partial charge in [-0.15, -0.1) is 0 Å². The summed E-state index contributed by atoms with van der Waals surface area (Å²) in [5.41, 5.74) is 2.68. The second kappa shape index (κ2) is 6.94. The summed E-state index contributed by atoms with van der Waals surface area (Å²) < 4.78 is 0. The summed E-state index contributed by atoms with van der Waals surface area (Å²) in [7, 11) is 0. The van der Waals surface area contributed by atoms with Crippen LogP contribution in [-0.2, 0) is 4.79 Å². The van der Waals surface area contributed by atoms with E-state index in [0.717, 1.165) is 58.7 Å². The van der Waals surface area contributed by atoms with E-state index in [0.29, 0.717) is 18.2 Å².